The molecule has 20 heavy (non-hydrogen) atoms. The van der Waals surface area contributed by atoms with E-state index in [1.807, 2.05) is 30.3 Å². The van der Waals surface area contributed by atoms with Crippen LogP contribution in [0.3, 0.4) is 0 Å². The number of benzene rings is 1. The normalized spacial score (nSPS) is 16.4. The van der Waals surface area contributed by atoms with Crippen molar-refractivity contribution in [3.63, 3.8) is 0 Å². The van der Waals surface area contributed by atoms with E-state index in [2.05, 4.69) is 9.50 Å². The van der Waals surface area contributed by atoms with Crippen molar-refractivity contribution in [2.24, 2.45) is 0 Å². The first-order chi connectivity index (χ1) is 9.45. The number of nitrogens with one attached hydrogen (secondary N) is 1. The van der Waals surface area contributed by atoms with Crippen molar-refractivity contribution in [1.29, 1.82) is 0 Å². The van der Waals surface area contributed by atoms with E-state index in [1.54, 1.807) is 0 Å². The summed E-state index contributed by atoms with van der Waals surface area (Å²) in [5.41, 5.74) is 0.139. The van der Waals surface area contributed by atoms with E-state index < -0.39 is 21.8 Å². The highest BCUT2D eigenvalue weighted by Gasteiger charge is 2.48. The molecule has 0 unspecified atom stereocenters. The number of carbonyl (C=O) groups excluding carboxylic acids is 1. The summed E-state index contributed by atoms with van der Waals surface area (Å²) in [6.45, 7) is 0.153. The molecular weight excluding hydrogens is 282 g/mol. The van der Waals surface area contributed by atoms with Crippen LogP contribution in [0.1, 0.15) is 18.4 Å². The Hall–Kier alpha value is -1.60. The summed E-state index contributed by atoms with van der Waals surface area (Å²) >= 11 is 0. The van der Waals surface area contributed by atoms with Crippen LogP contribution in [0, 0.1) is 0 Å². The molecule has 0 heterocycles. The average molecular weight is 299 g/mol. The third-order valence-electron chi connectivity index (χ3n) is 3.14. The summed E-state index contributed by atoms with van der Waals surface area (Å²) in [6.07, 6.45) is 0.601. The lowest BCUT2D eigenvalue weighted by Gasteiger charge is -2.16. The molecule has 0 aliphatic heterocycles. The number of carbonyl (C=O) groups is 1. The summed E-state index contributed by atoms with van der Waals surface area (Å²) < 4.78 is 32.3. The number of alkyl carbamates (subject to hydrolysis) is 1. The van der Waals surface area contributed by atoms with Crippen molar-refractivity contribution in [2.75, 3.05) is 12.9 Å². The van der Waals surface area contributed by atoms with Crippen LogP contribution >= 0.6 is 0 Å². The second-order valence-corrected chi connectivity index (χ2v) is 6.57. The molecule has 1 aliphatic carbocycles. The molecule has 110 valence electrons. The number of hydrogen-bond acceptors (Lipinski definition) is 5. The average Bonchev–Trinajstić information content (AvgIpc) is 3.16. The molecule has 2 rings (SSSR count). The summed E-state index contributed by atoms with van der Waals surface area (Å²) in [7, 11) is -2.49. The van der Waals surface area contributed by atoms with Crippen LogP contribution in [-0.4, -0.2) is 32.9 Å². The molecule has 1 saturated carbocycles. The maximum Gasteiger partial charge on any atom is 0.407 e. The van der Waals surface area contributed by atoms with Gasteiger partial charge in [-0.25, -0.2) is 4.79 Å². The molecule has 1 N–H and O–H groups in total. The Kier molecular flexibility index (Phi) is 4.29. The first kappa shape index (κ1) is 14.8. The van der Waals surface area contributed by atoms with Crippen molar-refractivity contribution >= 4 is 16.2 Å². The zero-order chi connectivity index (χ0) is 14.6. The van der Waals surface area contributed by atoms with E-state index in [-0.39, 0.29) is 12.4 Å². The van der Waals surface area contributed by atoms with E-state index >= 15 is 0 Å². The van der Waals surface area contributed by atoms with Gasteiger partial charge in [-0.05, 0) is 18.4 Å². The zero-order valence-corrected chi connectivity index (χ0v) is 12.0. The maximum absolute atomic E-state index is 11.7. The molecule has 1 fully saturated rings. The number of rotatable bonds is 6. The number of ether oxygens (including phenoxy) is 1. The van der Waals surface area contributed by atoms with Crippen LogP contribution in [0.4, 0.5) is 4.79 Å². The first-order valence-corrected chi connectivity index (χ1v) is 7.80. The standard InChI is InChI=1S/C13H17NO5S/c1-18-20(16,17)10-13(7-8-13)14-12(15)19-9-11-5-3-2-4-6-11/h2-6H,7-10H2,1H3,(H,14,15). The van der Waals surface area contributed by atoms with E-state index in [1.165, 1.54) is 0 Å². The Balaban J connectivity index is 1.83. The second-order valence-electron chi connectivity index (χ2n) is 4.84. The van der Waals surface area contributed by atoms with Crippen molar-refractivity contribution in [3.8, 4) is 0 Å². The van der Waals surface area contributed by atoms with E-state index in [0.29, 0.717) is 12.8 Å². The molecule has 1 aromatic carbocycles. The molecule has 1 aliphatic rings. The highest BCUT2D eigenvalue weighted by atomic mass is 32.2. The fourth-order valence-electron chi connectivity index (χ4n) is 1.83. The van der Waals surface area contributed by atoms with Crippen LogP contribution in [0.15, 0.2) is 30.3 Å². The quantitative estimate of drug-likeness (QED) is 0.803. The topological polar surface area (TPSA) is 81.7 Å². The van der Waals surface area contributed by atoms with Gasteiger partial charge < -0.3 is 10.1 Å². The van der Waals surface area contributed by atoms with Gasteiger partial charge in [-0.15, -0.1) is 0 Å². The third kappa shape index (κ3) is 4.21. The molecule has 0 radical (unpaired) electrons. The van der Waals surface area contributed by atoms with Gasteiger partial charge in [-0.3, -0.25) is 4.18 Å². The fraction of sp³-hybridized carbons (Fsp3) is 0.462. The van der Waals surface area contributed by atoms with Gasteiger partial charge in [0.2, 0.25) is 0 Å². The second kappa shape index (κ2) is 5.80. The lowest BCUT2D eigenvalue weighted by Crippen LogP contribution is -2.42. The van der Waals surface area contributed by atoms with Crippen molar-refractivity contribution < 1.29 is 22.1 Å². The molecule has 1 aromatic rings. The number of amides is 1. The first-order valence-electron chi connectivity index (χ1n) is 6.22. The molecule has 0 aromatic heterocycles. The molecule has 7 heteroatoms. The Morgan fingerprint density at radius 3 is 2.50 bits per heavy atom. The van der Waals surface area contributed by atoms with Crippen LogP contribution in [0.5, 0.6) is 0 Å². The summed E-state index contributed by atoms with van der Waals surface area (Å²) in [6, 6.07) is 9.26. The van der Waals surface area contributed by atoms with Gasteiger partial charge in [0.25, 0.3) is 10.1 Å². The van der Waals surface area contributed by atoms with Gasteiger partial charge in [0.05, 0.1) is 18.4 Å². The predicted octanol–water partition coefficient (Wildman–Crippen LogP) is 1.42. The minimum atomic E-state index is -3.60. The third-order valence-corrected chi connectivity index (χ3v) is 4.55. The fourth-order valence-corrected chi connectivity index (χ4v) is 2.98. The number of hydrogen-bond donors (Lipinski definition) is 1. The minimum absolute atomic E-state index is 0.153. The summed E-state index contributed by atoms with van der Waals surface area (Å²) in [4.78, 5) is 11.7. The molecule has 0 bridgehead atoms. The molecule has 0 saturated heterocycles. The molecule has 0 spiro atoms. The summed E-state index contributed by atoms with van der Waals surface area (Å²) in [5, 5.41) is 2.61. The zero-order valence-electron chi connectivity index (χ0n) is 11.2. The maximum atomic E-state index is 11.7. The molecule has 0 atom stereocenters. The Morgan fingerprint density at radius 1 is 1.30 bits per heavy atom. The molecular formula is C13H17NO5S. The lowest BCUT2D eigenvalue weighted by atomic mass is 10.2. The smallest absolute Gasteiger partial charge is 0.407 e. The lowest BCUT2D eigenvalue weighted by molar-refractivity contribution is 0.135. The van der Waals surface area contributed by atoms with Crippen LogP contribution in [0.2, 0.25) is 0 Å². The van der Waals surface area contributed by atoms with Gasteiger partial charge in [0.1, 0.15) is 6.61 Å². The van der Waals surface area contributed by atoms with Gasteiger partial charge in [-0.1, -0.05) is 30.3 Å². The van der Waals surface area contributed by atoms with Gasteiger partial charge >= 0.3 is 6.09 Å². The van der Waals surface area contributed by atoms with Crippen LogP contribution in [0.25, 0.3) is 0 Å². The monoisotopic (exact) mass is 299 g/mol. The largest absolute Gasteiger partial charge is 0.445 e. The van der Waals surface area contributed by atoms with E-state index in [4.69, 9.17) is 4.74 Å². The van der Waals surface area contributed by atoms with Gasteiger partial charge in [0.15, 0.2) is 0 Å². The van der Waals surface area contributed by atoms with Crippen molar-refractivity contribution in [1.82, 2.24) is 5.32 Å². The minimum Gasteiger partial charge on any atom is -0.445 e. The van der Waals surface area contributed by atoms with Crippen LogP contribution < -0.4 is 5.32 Å². The van der Waals surface area contributed by atoms with Gasteiger partial charge in [-0.2, -0.15) is 8.42 Å². The summed E-state index contributed by atoms with van der Waals surface area (Å²) in [5.74, 6) is -0.225. The van der Waals surface area contributed by atoms with E-state index in [0.717, 1.165) is 12.7 Å². The SMILES string of the molecule is COS(=O)(=O)CC1(NC(=O)OCc2ccccc2)CC1. The Morgan fingerprint density at radius 2 is 1.95 bits per heavy atom. The molecule has 1 amide bonds. The Bertz CT molecular complexity index is 566. The van der Waals surface area contributed by atoms with E-state index in [9.17, 15) is 13.2 Å². The molecule has 6 nitrogen and oxygen atoms in total. The highest BCUT2D eigenvalue weighted by Crippen LogP contribution is 2.37. The predicted molar refractivity (Wildman–Crippen MR) is 72.5 cm³/mol. The van der Waals surface area contributed by atoms with Crippen molar-refractivity contribution in [2.45, 2.75) is 25.0 Å². The Labute approximate surface area is 118 Å². The highest BCUT2D eigenvalue weighted by molar-refractivity contribution is 7.86. The van der Waals surface area contributed by atoms with Crippen LogP contribution in [-0.2, 0) is 25.6 Å². The van der Waals surface area contributed by atoms with Gasteiger partial charge in [0, 0.05) is 0 Å². The van der Waals surface area contributed by atoms with Crippen molar-refractivity contribution in [3.05, 3.63) is 35.9 Å².